The Morgan fingerprint density at radius 1 is 1.31 bits per heavy atom. The first kappa shape index (κ1) is 24.9. The number of sulfonamides is 1. The lowest BCUT2D eigenvalue weighted by molar-refractivity contribution is -0.123. The topological polar surface area (TPSA) is 131 Å². The van der Waals surface area contributed by atoms with Crippen LogP contribution in [0, 0.1) is 5.92 Å². The van der Waals surface area contributed by atoms with Crippen LogP contribution in [0.5, 0.6) is 5.75 Å². The lowest BCUT2D eigenvalue weighted by Gasteiger charge is -2.24. The van der Waals surface area contributed by atoms with E-state index < -0.39 is 15.9 Å². The van der Waals surface area contributed by atoms with E-state index in [0.29, 0.717) is 29.6 Å². The zero-order chi connectivity index (χ0) is 23.3. The third kappa shape index (κ3) is 6.43. The number of hydrogen-bond donors (Lipinski definition) is 3. The van der Waals surface area contributed by atoms with Gasteiger partial charge in [0.1, 0.15) is 11.9 Å². The first-order valence-electron chi connectivity index (χ1n) is 10.9. The molecule has 3 rings (SSSR count). The van der Waals surface area contributed by atoms with E-state index in [1.54, 1.807) is 25.1 Å². The van der Waals surface area contributed by atoms with Crippen LogP contribution in [-0.2, 0) is 19.6 Å². The Kier molecular flexibility index (Phi) is 8.54. The highest BCUT2D eigenvalue weighted by Crippen LogP contribution is 2.31. The van der Waals surface area contributed by atoms with E-state index in [4.69, 9.17) is 10.5 Å². The van der Waals surface area contributed by atoms with Gasteiger partial charge in [-0.3, -0.25) is 9.59 Å². The van der Waals surface area contributed by atoms with Gasteiger partial charge >= 0.3 is 0 Å². The summed E-state index contributed by atoms with van der Waals surface area (Å²) in [6, 6.07) is 4.57. The van der Waals surface area contributed by atoms with Crippen molar-refractivity contribution in [3.8, 4) is 5.75 Å². The Morgan fingerprint density at radius 3 is 2.69 bits per heavy atom. The maximum absolute atomic E-state index is 13.1. The predicted molar refractivity (Wildman–Crippen MR) is 124 cm³/mol. The average molecular weight is 531 g/mol. The molecular formula is C21H31BrN4O5S. The van der Waals surface area contributed by atoms with E-state index in [0.717, 1.165) is 25.9 Å². The monoisotopic (exact) mass is 530 g/mol. The van der Waals surface area contributed by atoms with Gasteiger partial charge in [-0.05, 0) is 72.9 Å². The van der Waals surface area contributed by atoms with Gasteiger partial charge in [-0.25, -0.2) is 8.42 Å². The number of carbonyl (C=O) groups is 2. The Hall–Kier alpha value is -1.69. The summed E-state index contributed by atoms with van der Waals surface area (Å²) < 4.78 is 34.2. The summed E-state index contributed by atoms with van der Waals surface area (Å²) >= 11 is 3.45. The normalized spacial score (nSPS) is 21.2. The first-order chi connectivity index (χ1) is 15.2. The molecule has 0 aliphatic carbocycles. The van der Waals surface area contributed by atoms with Crippen LogP contribution in [0.25, 0.3) is 0 Å². The SMILES string of the molecule is C[C@@H](CCC(=O)N[C@H]1CCN(S(=O)(=O)c2ccc(OC3CCNCC3)c(Br)c2)C1)C(N)=O. The minimum absolute atomic E-state index is 0.115. The Labute approximate surface area is 197 Å². The number of piperidine rings is 1. The number of hydrogen-bond acceptors (Lipinski definition) is 6. The van der Waals surface area contributed by atoms with Crippen LogP contribution < -0.4 is 21.1 Å². The zero-order valence-corrected chi connectivity index (χ0v) is 20.6. The molecule has 0 unspecified atom stereocenters. The van der Waals surface area contributed by atoms with Crippen LogP contribution in [0.1, 0.15) is 39.0 Å². The van der Waals surface area contributed by atoms with E-state index >= 15 is 0 Å². The molecule has 4 N–H and O–H groups in total. The molecule has 2 aliphatic heterocycles. The number of carbonyl (C=O) groups excluding carboxylic acids is 2. The Bertz CT molecular complexity index is 936. The molecule has 2 amide bonds. The summed E-state index contributed by atoms with van der Waals surface area (Å²) in [5, 5.41) is 6.15. The standard InChI is InChI=1S/C21H31BrN4O5S/c1-14(21(23)28)2-5-20(27)25-15-8-11-26(13-15)32(29,30)17-3-4-19(18(22)12-17)31-16-6-9-24-10-7-16/h3-4,12,14-16,24H,2,5-11,13H2,1H3,(H2,23,28)(H,25,27)/t14-,15-/m0/s1. The summed E-state index contributed by atoms with van der Waals surface area (Å²) in [6.45, 7) is 4.04. The highest BCUT2D eigenvalue weighted by atomic mass is 79.9. The van der Waals surface area contributed by atoms with Crippen molar-refractivity contribution in [3.05, 3.63) is 22.7 Å². The molecular weight excluding hydrogens is 500 g/mol. The van der Waals surface area contributed by atoms with E-state index in [-0.39, 0.29) is 41.8 Å². The van der Waals surface area contributed by atoms with Gasteiger partial charge in [0.15, 0.2) is 0 Å². The number of nitrogens with two attached hydrogens (primary N) is 1. The molecule has 2 aliphatic rings. The number of halogens is 1. The third-order valence-electron chi connectivity index (χ3n) is 5.93. The molecule has 0 spiro atoms. The number of ether oxygens (including phenoxy) is 1. The van der Waals surface area contributed by atoms with Crippen molar-refractivity contribution < 1.29 is 22.7 Å². The van der Waals surface area contributed by atoms with Crippen LogP contribution in [0.2, 0.25) is 0 Å². The molecule has 1 aromatic carbocycles. The molecule has 2 fully saturated rings. The van der Waals surface area contributed by atoms with Gasteiger partial charge in [-0.15, -0.1) is 0 Å². The van der Waals surface area contributed by atoms with Crippen molar-refractivity contribution in [2.45, 2.75) is 56.1 Å². The van der Waals surface area contributed by atoms with Gasteiger partial charge in [-0.2, -0.15) is 4.31 Å². The van der Waals surface area contributed by atoms with E-state index in [9.17, 15) is 18.0 Å². The molecule has 2 atom stereocenters. The quantitative estimate of drug-likeness (QED) is 0.441. The van der Waals surface area contributed by atoms with E-state index in [1.807, 2.05) is 0 Å². The zero-order valence-electron chi connectivity index (χ0n) is 18.2. The van der Waals surface area contributed by atoms with Crippen molar-refractivity contribution in [1.82, 2.24) is 14.9 Å². The lowest BCUT2D eigenvalue weighted by atomic mass is 10.0. The maximum Gasteiger partial charge on any atom is 0.243 e. The fraction of sp³-hybridized carbons (Fsp3) is 0.619. The van der Waals surface area contributed by atoms with Crippen LogP contribution in [-0.4, -0.2) is 62.9 Å². The van der Waals surface area contributed by atoms with Crippen LogP contribution in [0.4, 0.5) is 0 Å². The summed E-state index contributed by atoms with van der Waals surface area (Å²) in [7, 11) is -3.69. The second-order valence-corrected chi connectivity index (χ2v) is 11.2. The molecule has 2 saturated heterocycles. The first-order valence-corrected chi connectivity index (χ1v) is 13.2. The summed E-state index contributed by atoms with van der Waals surface area (Å²) in [6.07, 6.45) is 3.02. The molecule has 0 saturated carbocycles. The average Bonchev–Trinajstić information content (AvgIpc) is 3.23. The highest BCUT2D eigenvalue weighted by Gasteiger charge is 2.33. The summed E-state index contributed by atoms with van der Waals surface area (Å²) in [5.41, 5.74) is 5.22. The van der Waals surface area contributed by atoms with Crippen molar-refractivity contribution in [3.63, 3.8) is 0 Å². The predicted octanol–water partition coefficient (Wildman–Crippen LogP) is 1.36. The van der Waals surface area contributed by atoms with Gasteiger partial charge in [0, 0.05) is 31.5 Å². The maximum atomic E-state index is 13.1. The molecule has 178 valence electrons. The number of nitrogens with zero attached hydrogens (tertiary/aromatic N) is 1. The van der Waals surface area contributed by atoms with Gasteiger partial charge < -0.3 is 21.1 Å². The number of nitrogens with one attached hydrogen (secondary N) is 2. The number of rotatable bonds is 9. The van der Waals surface area contributed by atoms with Gasteiger partial charge in [0.2, 0.25) is 21.8 Å². The van der Waals surface area contributed by atoms with Crippen molar-refractivity contribution in [2.24, 2.45) is 11.7 Å². The van der Waals surface area contributed by atoms with Gasteiger partial charge in [-0.1, -0.05) is 6.92 Å². The van der Waals surface area contributed by atoms with Crippen molar-refractivity contribution in [2.75, 3.05) is 26.2 Å². The highest BCUT2D eigenvalue weighted by molar-refractivity contribution is 9.10. The molecule has 11 heteroatoms. The minimum Gasteiger partial charge on any atom is -0.489 e. The number of benzene rings is 1. The summed E-state index contributed by atoms with van der Waals surface area (Å²) in [5.74, 6) is -0.382. The molecule has 1 aromatic rings. The number of amides is 2. The Morgan fingerprint density at radius 2 is 2.03 bits per heavy atom. The van der Waals surface area contributed by atoms with Crippen LogP contribution in [0.3, 0.4) is 0 Å². The van der Waals surface area contributed by atoms with Crippen LogP contribution >= 0.6 is 15.9 Å². The minimum atomic E-state index is -3.69. The van der Waals surface area contributed by atoms with E-state index in [1.165, 1.54) is 4.31 Å². The largest absolute Gasteiger partial charge is 0.489 e. The Balaban J connectivity index is 1.56. The van der Waals surface area contributed by atoms with Crippen molar-refractivity contribution in [1.29, 1.82) is 0 Å². The second-order valence-electron chi connectivity index (χ2n) is 8.42. The van der Waals surface area contributed by atoms with Gasteiger partial charge in [0.25, 0.3) is 0 Å². The van der Waals surface area contributed by atoms with Crippen LogP contribution in [0.15, 0.2) is 27.6 Å². The van der Waals surface area contributed by atoms with E-state index in [2.05, 4.69) is 26.6 Å². The fourth-order valence-corrected chi connectivity index (χ4v) is 5.98. The molecule has 0 radical (unpaired) electrons. The molecule has 0 bridgehead atoms. The van der Waals surface area contributed by atoms with Gasteiger partial charge in [0.05, 0.1) is 9.37 Å². The molecule has 32 heavy (non-hydrogen) atoms. The molecule has 0 aromatic heterocycles. The second kappa shape index (κ2) is 11.0. The number of primary amides is 1. The molecule has 2 heterocycles. The molecule has 9 nitrogen and oxygen atoms in total. The lowest BCUT2D eigenvalue weighted by Crippen LogP contribution is -2.38. The third-order valence-corrected chi connectivity index (χ3v) is 8.41. The smallest absolute Gasteiger partial charge is 0.243 e. The fourth-order valence-electron chi connectivity index (χ4n) is 3.83. The summed E-state index contributed by atoms with van der Waals surface area (Å²) in [4.78, 5) is 23.4. The van der Waals surface area contributed by atoms with Crippen molar-refractivity contribution >= 4 is 37.8 Å².